The molecule has 0 heterocycles. The smallest absolute Gasteiger partial charge is 0.134 e. The van der Waals surface area contributed by atoms with Crippen molar-refractivity contribution >= 4 is 0 Å². The molecule has 84 valence electrons. The zero-order valence-electron chi connectivity index (χ0n) is 9.62. The maximum absolute atomic E-state index is 5.77. The molecule has 0 aliphatic heterocycles. The summed E-state index contributed by atoms with van der Waals surface area (Å²) in [6.07, 6.45) is 2.60. The Bertz CT molecular complexity index is 424. The molecule has 0 bridgehead atoms. The van der Waals surface area contributed by atoms with Gasteiger partial charge in [-0.2, -0.15) is 0 Å². The topological polar surface area (TPSA) is 35.2 Å². The number of nitrogens with two attached hydrogens (primary N) is 1. The Morgan fingerprint density at radius 1 is 1.44 bits per heavy atom. The monoisotopic (exact) mass is 215 g/mol. The van der Waals surface area contributed by atoms with Crippen LogP contribution in [0.25, 0.3) is 0 Å². The third-order valence-electron chi connectivity index (χ3n) is 2.63. The van der Waals surface area contributed by atoms with Gasteiger partial charge < -0.3 is 10.5 Å². The highest BCUT2D eigenvalue weighted by atomic mass is 16.5. The van der Waals surface area contributed by atoms with Gasteiger partial charge in [-0.15, -0.1) is 0 Å². The number of hydrogen-bond donors (Lipinski definition) is 1. The van der Waals surface area contributed by atoms with E-state index in [1.54, 1.807) is 0 Å². The van der Waals surface area contributed by atoms with E-state index in [2.05, 4.69) is 24.8 Å². The number of rotatable bonds is 3. The zero-order chi connectivity index (χ0) is 11.4. The highest BCUT2D eigenvalue weighted by molar-refractivity contribution is 5.48. The molecule has 0 atom stereocenters. The van der Waals surface area contributed by atoms with Crippen LogP contribution in [0.3, 0.4) is 0 Å². The highest BCUT2D eigenvalue weighted by Crippen LogP contribution is 2.30. The molecule has 1 aromatic carbocycles. The quantitative estimate of drug-likeness (QED) is 0.784. The summed E-state index contributed by atoms with van der Waals surface area (Å²) in [5, 5.41) is 0. The molecule has 2 rings (SSSR count). The lowest BCUT2D eigenvalue weighted by Gasteiger charge is -2.08. The molecular weight excluding hydrogens is 198 g/mol. The van der Waals surface area contributed by atoms with Gasteiger partial charge in [-0.05, 0) is 43.4 Å². The Kier molecular flexibility index (Phi) is 3.48. The summed E-state index contributed by atoms with van der Waals surface area (Å²) in [4.78, 5) is 0. The van der Waals surface area contributed by atoms with E-state index in [4.69, 9.17) is 10.5 Å². The normalized spacial score (nSPS) is 14.1. The van der Waals surface area contributed by atoms with Gasteiger partial charge in [0.05, 0.1) is 18.7 Å². The summed E-state index contributed by atoms with van der Waals surface area (Å²) in [7, 11) is 0. The van der Waals surface area contributed by atoms with Gasteiger partial charge in [0, 0.05) is 0 Å². The van der Waals surface area contributed by atoms with Gasteiger partial charge in [0.2, 0.25) is 0 Å². The second-order valence-electron chi connectivity index (χ2n) is 4.26. The molecule has 0 aromatic heterocycles. The van der Waals surface area contributed by atoms with Crippen molar-refractivity contribution in [1.29, 1.82) is 0 Å². The zero-order valence-corrected chi connectivity index (χ0v) is 9.62. The van der Waals surface area contributed by atoms with Crippen LogP contribution in [-0.4, -0.2) is 13.2 Å². The molecule has 0 amide bonds. The Morgan fingerprint density at radius 2 is 2.25 bits per heavy atom. The van der Waals surface area contributed by atoms with Gasteiger partial charge in [0.15, 0.2) is 0 Å². The molecule has 2 N–H and O–H groups in total. The van der Waals surface area contributed by atoms with E-state index in [1.807, 2.05) is 12.1 Å². The fraction of sp³-hybridized carbons (Fsp3) is 0.429. The lowest BCUT2D eigenvalue weighted by atomic mass is 10.1. The summed E-state index contributed by atoms with van der Waals surface area (Å²) >= 11 is 0. The first-order valence-electron chi connectivity index (χ1n) is 5.72. The van der Waals surface area contributed by atoms with E-state index in [-0.39, 0.29) is 0 Å². The van der Waals surface area contributed by atoms with Gasteiger partial charge in [-0.3, -0.25) is 0 Å². The van der Waals surface area contributed by atoms with Crippen LogP contribution < -0.4 is 10.5 Å². The molecule has 1 saturated carbocycles. The molecule has 2 nitrogen and oxygen atoms in total. The molecule has 1 fully saturated rings. The first-order chi connectivity index (χ1) is 7.79. The maximum Gasteiger partial charge on any atom is 0.134 e. The maximum atomic E-state index is 5.77. The van der Waals surface area contributed by atoms with Crippen molar-refractivity contribution in [2.24, 2.45) is 11.7 Å². The summed E-state index contributed by atoms with van der Waals surface area (Å²) in [5.74, 6) is 7.58. The van der Waals surface area contributed by atoms with Crippen molar-refractivity contribution in [2.75, 3.05) is 13.2 Å². The second-order valence-corrected chi connectivity index (χ2v) is 4.26. The highest BCUT2D eigenvalue weighted by Gasteiger charge is 2.22. The van der Waals surface area contributed by atoms with Gasteiger partial charge in [0.1, 0.15) is 5.75 Å². The number of ether oxygens (including phenoxy) is 1. The molecule has 1 aliphatic carbocycles. The molecule has 0 unspecified atom stereocenters. The Morgan fingerprint density at radius 3 is 2.94 bits per heavy atom. The molecule has 0 saturated heterocycles. The van der Waals surface area contributed by atoms with E-state index in [1.165, 1.54) is 18.4 Å². The Labute approximate surface area is 96.8 Å². The summed E-state index contributed by atoms with van der Waals surface area (Å²) in [6, 6.07) is 6.10. The van der Waals surface area contributed by atoms with Crippen molar-refractivity contribution in [1.82, 2.24) is 0 Å². The predicted molar refractivity (Wildman–Crippen MR) is 65.3 cm³/mol. The molecule has 1 aliphatic rings. The lowest BCUT2D eigenvalue weighted by molar-refractivity contribution is 0.299. The van der Waals surface area contributed by atoms with Crippen molar-refractivity contribution in [3.8, 4) is 17.6 Å². The summed E-state index contributed by atoms with van der Waals surface area (Å²) < 4.78 is 5.77. The van der Waals surface area contributed by atoms with Crippen LogP contribution in [0.15, 0.2) is 18.2 Å². The van der Waals surface area contributed by atoms with E-state index >= 15 is 0 Å². The second kappa shape index (κ2) is 5.05. The van der Waals surface area contributed by atoms with E-state index in [0.29, 0.717) is 6.54 Å². The van der Waals surface area contributed by atoms with E-state index in [0.717, 1.165) is 23.8 Å². The van der Waals surface area contributed by atoms with Crippen LogP contribution in [0.5, 0.6) is 5.75 Å². The minimum absolute atomic E-state index is 0.385. The molecule has 0 radical (unpaired) electrons. The van der Waals surface area contributed by atoms with Crippen LogP contribution in [0, 0.1) is 24.7 Å². The van der Waals surface area contributed by atoms with Gasteiger partial charge in [-0.25, -0.2) is 0 Å². The van der Waals surface area contributed by atoms with Gasteiger partial charge in [0.25, 0.3) is 0 Å². The van der Waals surface area contributed by atoms with Crippen molar-refractivity contribution < 1.29 is 4.74 Å². The standard InChI is InChI=1S/C14H17NO/c1-11-4-7-14(16-10-12-5-6-12)13(9-11)3-2-8-15/h4,7,9,12H,5-6,8,10,15H2,1H3. The molecule has 1 aromatic rings. The van der Waals surface area contributed by atoms with E-state index < -0.39 is 0 Å². The summed E-state index contributed by atoms with van der Waals surface area (Å²) in [6.45, 7) is 3.26. The summed E-state index contributed by atoms with van der Waals surface area (Å²) in [5.41, 5.74) is 7.53. The van der Waals surface area contributed by atoms with Crippen molar-refractivity contribution in [2.45, 2.75) is 19.8 Å². The third-order valence-corrected chi connectivity index (χ3v) is 2.63. The molecular formula is C14H17NO. The average Bonchev–Trinajstić information content (AvgIpc) is 3.09. The predicted octanol–water partition coefficient (Wildman–Crippen LogP) is 2.09. The number of hydrogen-bond acceptors (Lipinski definition) is 2. The van der Waals surface area contributed by atoms with Crippen molar-refractivity contribution in [3.05, 3.63) is 29.3 Å². The fourth-order valence-electron chi connectivity index (χ4n) is 1.51. The Balaban J connectivity index is 2.13. The van der Waals surface area contributed by atoms with Crippen LogP contribution in [0.4, 0.5) is 0 Å². The number of benzene rings is 1. The average molecular weight is 215 g/mol. The van der Waals surface area contributed by atoms with Crippen LogP contribution in [-0.2, 0) is 0 Å². The van der Waals surface area contributed by atoms with Gasteiger partial charge >= 0.3 is 0 Å². The lowest BCUT2D eigenvalue weighted by Crippen LogP contribution is -2.01. The van der Waals surface area contributed by atoms with Crippen LogP contribution >= 0.6 is 0 Å². The molecule has 0 spiro atoms. The largest absolute Gasteiger partial charge is 0.492 e. The van der Waals surface area contributed by atoms with Gasteiger partial charge in [-0.1, -0.05) is 17.9 Å². The Hall–Kier alpha value is -1.46. The van der Waals surface area contributed by atoms with Crippen molar-refractivity contribution in [3.63, 3.8) is 0 Å². The minimum atomic E-state index is 0.385. The third kappa shape index (κ3) is 3.01. The first kappa shape index (κ1) is 11.0. The van der Waals surface area contributed by atoms with E-state index in [9.17, 15) is 0 Å². The number of aryl methyl sites for hydroxylation is 1. The fourth-order valence-corrected chi connectivity index (χ4v) is 1.51. The minimum Gasteiger partial charge on any atom is -0.492 e. The van der Waals surface area contributed by atoms with Crippen LogP contribution in [0.2, 0.25) is 0 Å². The first-order valence-corrected chi connectivity index (χ1v) is 5.72. The molecule has 2 heteroatoms. The molecule has 16 heavy (non-hydrogen) atoms. The van der Waals surface area contributed by atoms with Crippen LogP contribution in [0.1, 0.15) is 24.0 Å². The SMILES string of the molecule is Cc1ccc(OCC2CC2)c(C#CCN)c1.